The van der Waals surface area contributed by atoms with E-state index in [-0.39, 0.29) is 0 Å². The first-order chi connectivity index (χ1) is 6.09. The average Bonchev–Trinajstić information content (AvgIpc) is 2.45. The van der Waals surface area contributed by atoms with Crippen molar-refractivity contribution < 1.29 is 0 Å². The zero-order valence-electron chi connectivity index (χ0n) is 9.18. The first-order valence-electron chi connectivity index (χ1n) is 5.70. The number of rotatable bonds is 1. The smallest absolute Gasteiger partial charge is 0.0590 e. The molecule has 0 unspecified atom stereocenters. The van der Waals surface area contributed by atoms with E-state index in [2.05, 4.69) is 31.4 Å². The van der Waals surface area contributed by atoms with Crippen LogP contribution in [0.1, 0.15) is 25.7 Å². The summed E-state index contributed by atoms with van der Waals surface area (Å²) in [5.74, 6) is 3.71. The first-order valence-corrected chi connectivity index (χ1v) is 10.3. The van der Waals surface area contributed by atoms with Crippen LogP contribution in [-0.4, -0.2) is 18.7 Å². The van der Waals surface area contributed by atoms with Crippen LogP contribution in [0.15, 0.2) is 0 Å². The van der Waals surface area contributed by atoms with Gasteiger partial charge in [-0.25, -0.2) is 0 Å². The average molecular weight is 214 g/mol. The van der Waals surface area contributed by atoms with E-state index in [9.17, 15) is 0 Å². The van der Waals surface area contributed by atoms with Gasteiger partial charge in [0.1, 0.15) is 0 Å². The zero-order chi connectivity index (χ0) is 9.47. The summed E-state index contributed by atoms with van der Waals surface area (Å²) in [6.07, 6.45) is 6.12. The van der Waals surface area contributed by atoms with Crippen LogP contribution >= 0.6 is 11.8 Å². The molecule has 0 aromatic rings. The van der Waals surface area contributed by atoms with Gasteiger partial charge >= 0.3 is 0 Å². The molecule has 2 heteroatoms. The molecule has 76 valence electrons. The summed E-state index contributed by atoms with van der Waals surface area (Å²) in [6, 6.07) is 0. The second-order valence-electron chi connectivity index (χ2n) is 5.83. The molecule has 0 nitrogen and oxygen atoms in total. The van der Waals surface area contributed by atoms with Crippen LogP contribution in [0, 0.1) is 11.8 Å². The third-order valence-electron chi connectivity index (χ3n) is 3.70. The van der Waals surface area contributed by atoms with Gasteiger partial charge in [0.25, 0.3) is 0 Å². The minimum absolute atomic E-state index is 0.869. The normalized spacial score (nSPS) is 40.4. The molecule has 2 aliphatic rings. The van der Waals surface area contributed by atoms with E-state index >= 15 is 0 Å². The van der Waals surface area contributed by atoms with Gasteiger partial charge in [0.15, 0.2) is 0 Å². The van der Waals surface area contributed by atoms with Gasteiger partial charge in [-0.15, -0.1) is 0 Å². The maximum absolute atomic E-state index is 2.56. The summed E-state index contributed by atoms with van der Waals surface area (Å²) in [6.45, 7) is 7.67. The van der Waals surface area contributed by atoms with Crippen molar-refractivity contribution >= 4 is 19.8 Å². The van der Waals surface area contributed by atoms with Crippen LogP contribution in [0.2, 0.25) is 19.6 Å². The van der Waals surface area contributed by atoms with E-state index in [1.54, 1.807) is 12.8 Å². The van der Waals surface area contributed by atoms with Crippen molar-refractivity contribution in [2.45, 2.75) is 50.2 Å². The van der Waals surface area contributed by atoms with E-state index in [0.717, 1.165) is 16.7 Å². The summed E-state index contributed by atoms with van der Waals surface area (Å²) in [5.41, 5.74) is 0. The van der Waals surface area contributed by atoms with Crippen LogP contribution in [0.25, 0.3) is 0 Å². The molecule has 1 saturated carbocycles. The zero-order valence-corrected chi connectivity index (χ0v) is 11.0. The van der Waals surface area contributed by atoms with Crippen molar-refractivity contribution in [2.24, 2.45) is 11.8 Å². The predicted molar refractivity (Wildman–Crippen MR) is 65.0 cm³/mol. The Morgan fingerprint density at radius 2 is 1.77 bits per heavy atom. The van der Waals surface area contributed by atoms with Gasteiger partial charge in [-0.2, -0.15) is 11.8 Å². The first kappa shape index (κ1) is 10.1. The lowest BCUT2D eigenvalue weighted by atomic mass is 9.82. The maximum Gasteiger partial charge on any atom is 0.0590 e. The lowest BCUT2D eigenvalue weighted by Gasteiger charge is -2.34. The molecule has 1 aliphatic heterocycles. The third kappa shape index (κ3) is 1.99. The van der Waals surface area contributed by atoms with Gasteiger partial charge < -0.3 is 0 Å². The SMILES string of the molecule is C[Si](C)(C)[C@H]1SC[C@H]2CCCC[C@@H]21. The van der Waals surface area contributed by atoms with E-state index < -0.39 is 8.07 Å². The van der Waals surface area contributed by atoms with E-state index in [1.165, 1.54) is 18.6 Å². The highest BCUT2D eigenvalue weighted by Crippen LogP contribution is 2.48. The topological polar surface area (TPSA) is 0 Å². The Morgan fingerprint density at radius 1 is 1.08 bits per heavy atom. The fourth-order valence-corrected chi connectivity index (χ4v) is 8.57. The molecule has 1 aliphatic carbocycles. The summed E-state index contributed by atoms with van der Waals surface area (Å²) in [7, 11) is -0.869. The fraction of sp³-hybridized carbons (Fsp3) is 1.00. The Balaban J connectivity index is 2.07. The van der Waals surface area contributed by atoms with Gasteiger partial charge in [0, 0.05) is 4.87 Å². The van der Waals surface area contributed by atoms with Crippen molar-refractivity contribution in [1.29, 1.82) is 0 Å². The van der Waals surface area contributed by atoms with Gasteiger partial charge in [0.05, 0.1) is 8.07 Å². The molecule has 0 aromatic carbocycles. The Morgan fingerprint density at radius 3 is 2.46 bits per heavy atom. The summed E-state index contributed by atoms with van der Waals surface area (Å²) >= 11 is 2.32. The second kappa shape index (κ2) is 3.61. The molecule has 0 N–H and O–H groups in total. The standard InChI is InChI=1S/C11H22SSi/c1-13(2,3)11-10-7-5-4-6-9(10)8-12-11/h9-11H,4-8H2,1-3H3/t9-,10+,11-/m1/s1. The van der Waals surface area contributed by atoms with E-state index in [0.29, 0.717) is 0 Å². The van der Waals surface area contributed by atoms with Crippen LogP contribution in [0.4, 0.5) is 0 Å². The largest absolute Gasteiger partial charge is 0.161 e. The van der Waals surface area contributed by atoms with Gasteiger partial charge in [-0.3, -0.25) is 0 Å². The Bertz CT molecular complexity index is 185. The number of hydrogen-bond donors (Lipinski definition) is 0. The van der Waals surface area contributed by atoms with E-state index in [4.69, 9.17) is 0 Å². The molecule has 13 heavy (non-hydrogen) atoms. The Labute approximate surface area is 87.9 Å². The fourth-order valence-electron chi connectivity index (χ4n) is 3.08. The lowest BCUT2D eigenvalue weighted by Crippen LogP contribution is -2.41. The van der Waals surface area contributed by atoms with Crippen molar-refractivity contribution in [2.75, 3.05) is 5.75 Å². The Hall–Kier alpha value is 0.567. The number of hydrogen-bond acceptors (Lipinski definition) is 1. The van der Waals surface area contributed by atoms with Crippen molar-refractivity contribution in [3.8, 4) is 0 Å². The van der Waals surface area contributed by atoms with E-state index in [1.807, 2.05) is 0 Å². The molecule has 0 amide bonds. The summed E-state index contributed by atoms with van der Waals surface area (Å²) < 4.78 is 0. The predicted octanol–water partition coefficient (Wildman–Crippen LogP) is 3.79. The highest BCUT2D eigenvalue weighted by atomic mass is 32.2. The van der Waals surface area contributed by atoms with Gasteiger partial charge in [0.2, 0.25) is 0 Å². The molecule has 1 heterocycles. The van der Waals surface area contributed by atoms with Crippen LogP contribution in [0.3, 0.4) is 0 Å². The third-order valence-corrected chi connectivity index (χ3v) is 9.79. The molecule has 0 radical (unpaired) electrons. The molecule has 2 rings (SSSR count). The van der Waals surface area contributed by atoms with Gasteiger partial charge in [-0.1, -0.05) is 32.5 Å². The molecular weight excluding hydrogens is 192 g/mol. The maximum atomic E-state index is 2.56. The second-order valence-corrected chi connectivity index (χ2v) is 12.8. The molecule has 0 bridgehead atoms. The molecule has 0 spiro atoms. The quantitative estimate of drug-likeness (QED) is 0.599. The molecule has 2 fully saturated rings. The highest BCUT2D eigenvalue weighted by molar-refractivity contribution is 8.01. The Kier molecular flexibility index (Phi) is 2.81. The summed E-state index contributed by atoms with van der Waals surface area (Å²) in [4.78, 5) is 1.08. The molecular formula is C11H22SSi. The number of fused-ring (bicyclic) bond motifs is 1. The van der Waals surface area contributed by atoms with Crippen molar-refractivity contribution in [3.05, 3.63) is 0 Å². The minimum Gasteiger partial charge on any atom is -0.161 e. The highest BCUT2D eigenvalue weighted by Gasteiger charge is 2.43. The minimum atomic E-state index is -0.869. The summed E-state index contributed by atoms with van der Waals surface area (Å²) in [5, 5.41) is 0. The molecule has 1 saturated heterocycles. The van der Waals surface area contributed by atoms with Crippen molar-refractivity contribution in [3.63, 3.8) is 0 Å². The van der Waals surface area contributed by atoms with Crippen molar-refractivity contribution in [1.82, 2.24) is 0 Å². The van der Waals surface area contributed by atoms with Crippen LogP contribution in [0.5, 0.6) is 0 Å². The van der Waals surface area contributed by atoms with Gasteiger partial charge in [-0.05, 0) is 30.4 Å². The lowest BCUT2D eigenvalue weighted by molar-refractivity contribution is 0.288. The number of thioether (sulfide) groups is 1. The molecule has 0 aromatic heterocycles. The molecule has 3 atom stereocenters. The monoisotopic (exact) mass is 214 g/mol. The van der Waals surface area contributed by atoms with Crippen LogP contribution < -0.4 is 0 Å². The van der Waals surface area contributed by atoms with Crippen LogP contribution in [-0.2, 0) is 0 Å².